The monoisotopic (exact) mass is 300 g/mol. The SMILES string of the molecule is CC(C)(C)OC(=O)NCCC(NCC(F)(F)F)C(=O)O. The van der Waals surface area contributed by atoms with E-state index in [0.717, 1.165) is 0 Å². The summed E-state index contributed by atoms with van der Waals surface area (Å²) >= 11 is 0. The summed E-state index contributed by atoms with van der Waals surface area (Å²) in [6.45, 7) is 3.43. The molecular weight excluding hydrogens is 281 g/mol. The van der Waals surface area contributed by atoms with Crippen LogP contribution >= 0.6 is 0 Å². The van der Waals surface area contributed by atoms with Crippen molar-refractivity contribution in [3.05, 3.63) is 0 Å². The number of nitrogens with one attached hydrogen (secondary N) is 2. The van der Waals surface area contributed by atoms with Gasteiger partial charge in [-0.05, 0) is 27.2 Å². The number of carboxylic acids is 1. The molecule has 6 nitrogen and oxygen atoms in total. The molecule has 0 radical (unpaired) electrons. The second-order valence-corrected chi connectivity index (χ2v) is 5.10. The van der Waals surface area contributed by atoms with Crippen molar-refractivity contribution in [2.75, 3.05) is 13.1 Å². The molecule has 0 aliphatic heterocycles. The maximum Gasteiger partial charge on any atom is 0.407 e. The van der Waals surface area contributed by atoms with Gasteiger partial charge in [0.2, 0.25) is 0 Å². The Bertz CT molecular complexity index is 340. The van der Waals surface area contributed by atoms with Crippen LogP contribution in [0.1, 0.15) is 27.2 Å². The van der Waals surface area contributed by atoms with Gasteiger partial charge in [-0.25, -0.2) is 4.79 Å². The molecule has 0 bridgehead atoms. The highest BCUT2D eigenvalue weighted by Crippen LogP contribution is 2.13. The third-order valence-electron chi connectivity index (χ3n) is 1.95. The van der Waals surface area contributed by atoms with Crippen molar-refractivity contribution in [2.45, 2.75) is 45.0 Å². The average Bonchev–Trinajstić information content (AvgIpc) is 2.18. The summed E-state index contributed by atoms with van der Waals surface area (Å²) in [6, 6.07) is -1.40. The summed E-state index contributed by atoms with van der Waals surface area (Å²) in [6.07, 6.45) is -5.44. The third kappa shape index (κ3) is 10.4. The molecule has 1 amide bonds. The molecule has 0 fully saturated rings. The summed E-state index contributed by atoms with van der Waals surface area (Å²) < 4.78 is 40.8. The first-order valence-electron chi connectivity index (χ1n) is 5.90. The van der Waals surface area contributed by atoms with Crippen molar-refractivity contribution in [1.29, 1.82) is 0 Å². The fourth-order valence-corrected chi connectivity index (χ4v) is 1.18. The number of carbonyl (C=O) groups excluding carboxylic acids is 1. The average molecular weight is 300 g/mol. The molecule has 0 aliphatic carbocycles. The van der Waals surface area contributed by atoms with Gasteiger partial charge in [0.15, 0.2) is 0 Å². The Kier molecular flexibility index (Phi) is 6.77. The van der Waals surface area contributed by atoms with E-state index < -0.39 is 36.4 Å². The number of aliphatic carboxylic acids is 1. The summed E-state index contributed by atoms with van der Waals surface area (Å²) in [7, 11) is 0. The number of alkyl carbamates (subject to hydrolysis) is 1. The molecule has 0 aliphatic rings. The van der Waals surface area contributed by atoms with Crippen LogP contribution in [0.3, 0.4) is 0 Å². The van der Waals surface area contributed by atoms with Gasteiger partial charge in [-0.1, -0.05) is 0 Å². The van der Waals surface area contributed by atoms with Gasteiger partial charge in [-0.15, -0.1) is 0 Å². The molecule has 0 spiro atoms. The number of rotatable bonds is 6. The second-order valence-electron chi connectivity index (χ2n) is 5.10. The van der Waals surface area contributed by atoms with Crippen molar-refractivity contribution < 1.29 is 32.6 Å². The predicted octanol–water partition coefficient (Wildman–Crippen LogP) is 1.51. The maximum absolute atomic E-state index is 12.0. The fourth-order valence-electron chi connectivity index (χ4n) is 1.18. The topological polar surface area (TPSA) is 87.7 Å². The first-order valence-corrected chi connectivity index (χ1v) is 5.90. The number of carboxylic acid groups (broad SMARTS) is 1. The number of alkyl halides is 3. The molecule has 0 heterocycles. The van der Waals surface area contributed by atoms with Crippen molar-refractivity contribution in [3.63, 3.8) is 0 Å². The highest BCUT2D eigenvalue weighted by molar-refractivity contribution is 5.73. The summed E-state index contributed by atoms with van der Waals surface area (Å²) in [5.41, 5.74) is -0.704. The zero-order chi connectivity index (χ0) is 16.0. The fraction of sp³-hybridized carbons (Fsp3) is 0.818. The normalized spacial score (nSPS) is 13.7. The molecule has 0 saturated heterocycles. The van der Waals surface area contributed by atoms with Gasteiger partial charge in [0.25, 0.3) is 0 Å². The van der Waals surface area contributed by atoms with E-state index in [1.807, 2.05) is 5.32 Å². The van der Waals surface area contributed by atoms with Gasteiger partial charge in [-0.2, -0.15) is 13.2 Å². The van der Waals surface area contributed by atoms with Crippen LogP contribution in [-0.2, 0) is 9.53 Å². The van der Waals surface area contributed by atoms with Crippen LogP contribution in [0.25, 0.3) is 0 Å². The molecule has 20 heavy (non-hydrogen) atoms. The van der Waals surface area contributed by atoms with Crippen LogP contribution in [0.4, 0.5) is 18.0 Å². The van der Waals surface area contributed by atoms with Gasteiger partial charge in [-0.3, -0.25) is 10.1 Å². The highest BCUT2D eigenvalue weighted by Gasteiger charge is 2.30. The van der Waals surface area contributed by atoms with E-state index in [4.69, 9.17) is 9.84 Å². The van der Waals surface area contributed by atoms with Crippen LogP contribution in [0.5, 0.6) is 0 Å². The van der Waals surface area contributed by atoms with Gasteiger partial charge in [0, 0.05) is 6.54 Å². The van der Waals surface area contributed by atoms with E-state index in [2.05, 4.69) is 5.32 Å². The Hall–Kier alpha value is -1.51. The van der Waals surface area contributed by atoms with E-state index in [9.17, 15) is 22.8 Å². The van der Waals surface area contributed by atoms with Crippen LogP contribution < -0.4 is 10.6 Å². The van der Waals surface area contributed by atoms with Gasteiger partial charge in [0.05, 0.1) is 6.54 Å². The lowest BCUT2D eigenvalue weighted by Gasteiger charge is -2.20. The molecule has 3 N–H and O–H groups in total. The summed E-state index contributed by atoms with van der Waals surface area (Å²) in [4.78, 5) is 22.0. The zero-order valence-corrected chi connectivity index (χ0v) is 11.5. The Morgan fingerprint density at radius 1 is 1.25 bits per heavy atom. The van der Waals surface area contributed by atoms with E-state index in [1.165, 1.54) is 0 Å². The number of halogens is 3. The Balaban J connectivity index is 4.10. The summed E-state index contributed by atoms with van der Waals surface area (Å²) in [5, 5.41) is 12.9. The van der Waals surface area contributed by atoms with Gasteiger partial charge in [0.1, 0.15) is 11.6 Å². The third-order valence-corrected chi connectivity index (χ3v) is 1.95. The molecule has 118 valence electrons. The molecule has 1 atom stereocenters. The minimum atomic E-state index is -4.49. The lowest BCUT2D eigenvalue weighted by atomic mass is 10.2. The van der Waals surface area contributed by atoms with Gasteiger partial charge >= 0.3 is 18.2 Å². The number of ether oxygens (including phenoxy) is 1. The van der Waals surface area contributed by atoms with Gasteiger partial charge < -0.3 is 15.2 Å². The van der Waals surface area contributed by atoms with E-state index in [-0.39, 0.29) is 13.0 Å². The molecule has 0 saturated carbocycles. The molecule has 0 aromatic carbocycles. The quantitative estimate of drug-likeness (QED) is 0.692. The Morgan fingerprint density at radius 3 is 2.20 bits per heavy atom. The summed E-state index contributed by atoms with van der Waals surface area (Å²) in [5.74, 6) is -1.42. The van der Waals surface area contributed by atoms with Crippen LogP contribution in [-0.4, -0.2) is 48.1 Å². The number of hydrogen-bond acceptors (Lipinski definition) is 4. The van der Waals surface area contributed by atoms with E-state index in [1.54, 1.807) is 20.8 Å². The lowest BCUT2D eigenvalue weighted by Crippen LogP contribution is -2.44. The molecule has 9 heteroatoms. The molecular formula is C11H19F3N2O4. The van der Waals surface area contributed by atoms with Crippen molar-refractivity contribution >= 4 is 12.1 Å². The zero-order valence-electron chi connectivity index (χ0n) is 11.5. The molecule has 0 aromatic rings. The first-order chi connectivity index (χ1) is 8.91. The number of hydrogen-bond donors (Lipinski definition) is 3. The molecule has 0 aromatic heterocycles. The van der Waals surface area contributed by atoms with Crippen molar-refractivity contribution in [3.8, 4) is 0 Å². The predicted molar refractivity (Wildman–Crippen MR) is 64.3 cm³/mol. The highest BCUT2D eigenvalue weighted by atomic mass is 19.4. The van der Waals surface area contributed by atoms with E-state index >= 15 is 0 Å². The van der Waals surface area contributed by atoms with Crippen LogP contribution in [0.2, 0.25) is 0 Å². The standard InChI is InChI=1S/C11H19F3N2O4/c1-10(2,3)20-9(19)15-5-4-7(8(17)18)16-6-11(12,13)14/h7,16H,4-6H2,1-3H3,(H,15,19)(H,17,18). The smallest absolute Gasteiger partial charge is 0.407 e. The van der Waals surface area contributed by atoms with E-state index in [0.29, 0.717) is 0 Å². The van der Waals surface area contributed by atoms with Crippen LogP contribution in [0, 0.1) is 0 Å². The van der Waals surface area contributed by atoms with Crippen molar-refractivity contribution in [2.24, 2.45) is 0 Å². The minimum Gasteiger partial charge on any atom is -0.480 e. The number of carbonyl (C=O) groups is 2. The number of amides is 1. The van der Waals surface area contributed by atoms with Crippen LogP contribution in [0.15, 0.2) is 0 Å². The van der Waals surface area contributed by atoms with Crippen molar-refractivity contribution in [1.82, 2.24) is 10.6 Å². The maximum atomic E-state index is 12.0. The first kappa shape index (κ1) is 18.5. The molecule has 1 unspecified atom stereocenters. The lowest BCUT2D eigenvalue weighted by molar-refractivity contribution is -0.143. The second kappa shape index (κ2) is 7.32. The Morgan fingerprint density at radius 2 is 1.80 bits per heavy atom. The Labute approximate surface area is 114 Å². The largest absolute Gasteiger partial charge is 0.480 e. The minimum absolute atomic E-state index is 0.114. The molecule has 0 rings (SSSR count).